The molecule has 1 aliphatic heterocycles. The molecule has 1 aromatic rings. The van der Waals surface area contributed by atoms with E-state index in [2.05, 4.69) is 16.7 Å². The predicted octanol–water partition coefficient (Wildman–Crippen LogP) is 2.00. The quantitative estimate of drug-likeness (QED) is 0.724. The number of ether oxygens (including phenoxy) is 1. The molecule has 2 atom stereocenters. The van der Waals surface area contributed by atoms with Crippen LogP contribution in [0.5, 0.6) is 5.75 Å². The average molecular weight is 319 g/mol. The molecular formula is C16H21N3O2S. The fourth-order valence-electron chi connectivity index (χ4n) is 2.55. The van der Waals surface area contributed by atoms with Gasteiger partial charge in [-0.25, -0.2) is 0 Å². The van der Waals surface area contributed by atoms with Gasteiger partial charge in [0.25, 0.3) is 0 Å². The van der Waals surface area contributed by atoms with Gasteiger partial charge in [0.1, 0.15) is 17.5 Å². The van der Waals surface area contributed by atoms with Crippen molar-refractivity contribution in [1.82, 2.24) is 10.6 Å². The average Bonchev–Trinajstić information content (AvgIpc) is 2.42. The summed E-state index contributed by atoms with van der Waals surface area (Å²) >= 11 is 5.27. The molecule has 1 heterocycles. The van der Waals surface area contributed by atoms with Crippen molar-refractivity contribution >= 4 is 17.3 Å². The Hall–Kier alpha value is -1.84. The first-order valence-electron chi connectivity index (χ1n) is 7.22. The van der Waals surface area contributed by atoms with Crippen LogP contribution in [0.2, 0.25) is 0 Å². The number of fused-ring (bicyclic) bond motifs is 1. The van der Waals surface area contributed by atoms with Gasteiger partial charge in [-0.2, -0.15) is 5.26 Å². The molecule has 118 valence electrons. The minimum atomic E-state index is -0.820. The SMILES string of the molecule is CC(C)NC(=S)N[C@H]1C(O)c2cc(C#N)ccc2OC1(C)C. The summed E-state index contributed by atoms with van der Waals surface area (Å²) in [6, 6.07) is 6.91. The van der Waals surface area contributed by atoms with Gasteiger partial charge in [-0.05, 0) is 58.1 Å². The molecule has 0 radical (unpaired) electrons. The Morgan fingerprint density at radius 2 is 2.14 bits per heavy atom. The topological polar surface area (TPSA) is 77.3 Å². The second-order valence-electron chi connectivity index (χ2n) is 6.26. The van der Waals surface area contributed by atoms with Crippen molar-refractivity contribution in [2.75, 3.05) is 0 Å². The van der Waals surface area contributed by atoms with E-state index in [0.29, 0.717) is 22.0 Å². The van der Waals surface area contributed by atoms with E-state index in [1.807, 2.05) is 27.7 Å². The maximum atomic E-state index is 10.7. The molecular weight excluding hydrogens is 298 g/mol. The van der Waals surface area contributed by atoms with Crippen LogP contribution in [0.3, 0.4) is 0 Å². The van der Waals surface area contributed by atoms with Crippen molar-refractivity contribution < 1.29 is 9.84 Å². The third-order valence-corrected chi connectivity index (χ3v) is 3.84. The summed E-state index contributed by atoms with van der Waals surface area (Å²) in [5.74, 6) is 0.595. The van der Waals surface area contributed by atoms with Crippen LogP contribution >= 0.6 is 12.2 Å². The summed E-state index contributed by atoms with van der Waals surface area (Å²) in [6.45, 7) is 7.77. The fourth-order valence-corrected chi connectivity index (χ4v) is 2.91. The van der Waals surface area contributed by atoms with Crippen molar-refractivity contribution in [3.05, 3.63) is 29.3 Å². The van der Waals surface area contributed by atoms with Crippen LogP contribution in [0, 0.1) is 11.3 Å². The van der Waals surface area contributed by atoms with Crippen LogP contribution in [0.1, 0.15) is 44.9 Å². The predicted molar refractivity (Wildman–Crippen MR) is 88.6 cm³/mol. The molecule has 3 N–H and O–H groups in total. The molecule has 0 fully saturated rings. The van der Waals surface area contributed by atoms with Gasteiger partial charge < -0.3 is 20.5 Å². The van der Waals surface area contributed by atoms with Crippen molar-refractivity contribution in [3.8, 4) is 11.8 Å². The van der Waals surface area contributed by atoms with Gasteiger partial charge in [-0.15, -0.1) is 0 Å². The number of aliphatic hydroxyl groups is 1. The standard InChI is InChI=1S/C16H21N3O2S/c1-9(2)18-15(22)19-14-13(20)11-7-10(8-17)5-6-12(11)21-16(14,3)4/h5-7,9,13-14,20H,1-4H3,(H2,18,19,22)/t13?,14-/m0/s1. The lowest BCUT2D eigenvalue weighted by molar-refractivity contribution is -0.0202. The molecule has 1 unspecified atom stereocenters. The number of aliphatic hydroxyl groups excluding tert-OH is 1. The molecule has 5 nitrogen and oxygen atoms in total. The highest BCUT2D eigenvalue weighted by Gasteiger charge is 2.43. The van der Waals surface area contributed by atoms with Crippen molar-refractivity contribution in [1.29, 1.82) is 5.26 Å². The molecule has 1 aromatic carbocycles. The molecule has 0 aromatic heterocycles. The molecule has 0 amide bonds. The Labute approximate surface area is 136 Å². The first-order valence-corrected chi connectivity index (χ1v) is 7.63. The highest BCUT2D eigenvalue weighted by atomic mass is 32.1. The third kappa shape index (κ3) is 3.32. The number of hydrogen-bond acceptors (Lipinski definition) is 4. The van der Waals surface area contributed by atoms with E-state index in [4.69, 9.17) is 22.2 Å². The van der Waals surface area contributed by atoms with E-state index in [1.165, 1.54) is 0 Å². The van der Waals surface area contributed by atoms with Crippen LogP contribution < -0.4 is 15.4 Å². The first-order chi connectivity index (χ1) is 10.2. The normalized spacial score (nSPS) is 22.2. The largest absolute Gasteiger partial charge is 0.485 e. The minimum absolute atomic E-state index is 0.197. The van der Waals surface area contributed by atoms with Crippen LogP contribution in [0.15, 0.2) is 18.2 Å². The summed E-state index contributed by atoms with van der Waals surface area (Å²) in [5, 5.41) is 26.4. The summed E-state index contributed by atoms with van der Waals surface area (Å²) < 4.78 is 5.99. The number of nitrogens with zero attached hydrogens (tertiary/aromatic N) is 1. The van der Waals surface area contributed by atoms with Gasteiger partial charge in [0.05, 0.1) is 17.7 Å². The van der Waals surface area contributed by atoms with Crippen molar-refractivity contribution in [2.45, 2.75) is 51.5 Å². The maximum Gasteiger partial charge on any atom is 0.166 e. The van der Waals surface area contributed by atoms with E-state index in [-0.39, 0.29) is 6.04 Å². The van der Waals surface area contributed by atoms with E-state index >= 15 is 0 Å². The van der Waals surface area contributed by atoms with Gasteiger partial charge in [0, 0.05) is 11.6 Å². The Balaban J connectivity index is 2.30. The molecule has 2 rings (SSSR count). The molecule has 0 saturated heterocycles. The van der Waals surface area contributed by atoms with E-state index in [1.54, 1.807) is 18.2 Å². The van der Waals surface area contributed by atoms with Gasteiger partial charge in [0.2, 0.25) is 0 Å². The van der Waals surface area contributed by atoms with Crippen molar-refractivity contribution in [2.24, 2.45) is 0 Å². The van der Waals surface area contributed by atoms with E-state index in [0.717, 1.165) is 0 Å². The number of nitriles is 1. The number of thiocarbonyl (C=S) groups is 1. The lowest BCUT2D eigenvalue weighted by Crippen LogP contribution is -2.59. The first kappa shape index (κ1) is 16.5. The Kier molecular flexibility index (Phi) is 4.59. The number of nitrogens with one attached hydrogen (secondary N) is 2. The Morgan fingerprint density at radius 1 is 1.45 bits per heavy atom. The molecule has 1 aliphatic rings. The summed E-state index contributed by atoms with van der Waals surface area (Å²) in [4.78, 5) is 0. The number of benzene rings is 1. The van der Waals surface area contributed by atoms with Crippen LogP contribution in [-0.4, -0.2) is 27.9 Å². The van der Waals surface area contributed by atoms with Gasteiger partial charge in [0.15, 0.2) is 5.11 Å². The molecule has 22 heavy (non-hydrogen) atoms. The molecule has 6 heteroatoms. The highest BCUT2D eigenvalue weighted by molar-refractivity contribution is 7.80. The number of hydrogen-bond donors (Lipinski definition) is 3. The molecule has 0 aliphatic carbocycles. The molecule has 0 saturated carbocycles. The lowest BCUT2D eigenvalue weighted by atomic mass is 9.85. The van der Waals surface area contributed by atoms with Crippen LogP contribution in [-0.2, 0) is 0 Å². The van der Waals surface area contributed by atoms with Gasteiger partial charge in [-0.1, -0.05) is 0 Å². The third-order valence-electron chi connectivity index (χ3n) is 3.60. The summed E-state index contributed by atoms with van der Waals surface area (Å²) in [7, 11) is 0. The zero-order valence-corrected chi connectivity index (χ0v) is 14.0. The van der Waals surface area contributed by atoms with Gasteiger partial charge >= 0.3 is 0 Å². The van der Waals surface area contributed by atoms with Crippen LogP contribution in [0.25, 0.3) is 0 Å². The smallest absolute Gasteiger partial charge is 0.166 e. The van der Waals surface area contributed by atoms with Gasteiger partial charge in [-0.3, -0.25) is 0 Å². The highest BCUT2D eigenvalue weighted by Crippen LogP contribution is 2.40. The van der Waals surface area contributed by atoms with Crippen LogP contribution in [0.4, 0.5) is 0 Å². The van der Waals surface area contributed by atoms with Crippen molar-refractivity contribution in [3.63, 3.8) is 0 Å². The fraction of sp³-hybridized carbons (Fsp3) is 0.500. The molecule has 0 spiro atoms. The second kappa shape index (κ2) is 6.11. The monoisotopic (exact) mass is 319 g/mol. The maximum absolute atomic E-state index is 10.7. The minimum Gasteiger partial charge on any atom is -0.485 e. The summed E-state index contributed by atoms with van der Waals surface area (Å²) in [6.07, 6.45) is -0.820. The zero-order chi connectivity index (χ0) is 16.5. The lowest BCUT2D eigenvalue weighted by Gasteiger charge is -2.43. The zero-order valence-electron chi connectivity index (χ0n) is 13.2. The Morgan fingerprint density at radius 3 is 2.73 bits per heavy atom. The number of rotatable bonds is 2. The van der Waals surface area contributed by atoms with E-state index < -0.39 is 17.7 Å². The summed E-state index contributed by atoms with van der Waals surface area (Å²) in [5.41, 5.74) is 0.439. The second-order valence-corrected chi connectivity index (χ2v) is 6.67. The molecule has 0 bridgehead atoms. The Bertz CT molecular complexity index is 622. The van der Waals surface area contributed by atoms with E-state index in [9.17, 15) is 5.11 Å².